The third-order valence-corrected chi connectivity index (χ3v) is 8.30. The van der Waals surface area contributed by atoms with E-state index in [2.05, 4.69) is 15.2 Å². The fourth-order valence-electron chi connectivity index (χ4n) is 4.72. The van der Waals surface area contributed by atoms with Gasteiger partial charge in [-0.15, -0.1) is 0 Å². The predicted octanol–water partition coefficient (Wildman–Crippen LogP) is 7.25. The molecule has 0 bridgehead atoms. The van der Waals surface area contributed by atoms with Gasteiger partial charge in [-0.25, -0.2) is 0 Å². The molecule has 0 unspecified atom stereocenters. The Kier molecular flexibility index (Phi) is 11.5. The highest BCUT2D eigenvalue weighted by atomic mass is 35.5. The summed E-state index contributed by atoms with van der Waals surface area (Å²) in [7, 11) is 0. The lowest BCUT2D eigenvalue weighted by Gasteiger charge is -2.29. The Morgan fingerprint density at radius 1 is 1.07 bits per heavy atom. The summed E-state index contributed by atoms with van der Waals surface area (Å²) >= 11 is 7.25. The second-order valence-corrected chi connectivity index (χ2v) is 11.6. The largest absolute Gasteiger partial charge is 0.417 e. The van der Waals surface area contributed by atoms with E-state index in [0.717, 1.165) is 68.2 Å². The number of alkyl halides is 3. The highest BCUT2D eigenvalue weighted by Crippen LogP contribution is 2.37. The van der Waals surface area contributed by atoms with Crippen molar-refractivity contribution in [3.8, 4) is 0 Å². The van der Waals surface area contributed by atoms with Crippen molar-refractivity contribution < 1.29 is 27.9 Å². The van der Waals surface area contributed by atoms with Crippen LogP contribution in [0.2, 0.25) is 5.02 Å². The number of nitrogens with one attached hydrogen (secondary N) is 1. The van der Waals surface area contributed by atoms with Gasteiger partial charge in [-0.2, -0.15) is 24.9 Å². The van der Waals surface area contributed by atoms with E-state index < -0.39 is 28.5 Å². The number of aliphatic imine (C=N–C) groups is 1. The van der Waals surface area contributed by atoms with Crippen LogP contribution in [-0.2, 0) is 11.9 Å². The zero-order valence-electron chi connectivity index (χ0n) is 23.7. The number of hydrogen-bond acceptors (Lipinski definition) is 7. The molecule has 232 valence electrons. The third-order valence-electron chi connectivity index (χ3n) is 6.96. The number of carbonyl (C=O) groups excluding carboxylic acids is 2. The normalized spacial score (nSPS) is 14.2. The fourth-order valence-corrected chi connectivity index (χ4v) is 5.63. The van der Waals surface area contributed by atoms with Crippen LogP contribution in [0.1, 0.15) is 51.1 Å². The number of nitrogens with zero attached hydrogens (tertiary/aromatic N) is 2. The Hall–Kier alpha value is -3.80. The molecule has 1 aliphatic heterocycles. The molecule has 0 saturated carbocycles. The summed E-state index contributed by atoms with van der Waals surface area (Å²) < 4.78 is 40.0. The lowest BCUT2D eigenvalue weighted by molar-refractivity contribution is -0.137. The van der Waals surface area contributed by atoms with E-state index in [1.54, 1.807) is 30.3 Å². The maximum Gasteiger partial charge on any atom is 0.417 e. The SMILES string of the molecule is N/C=C(\C=Nc1ccc(Cl)c(C(F)(F)F)c1)C(=O)c1cc(N2CCCCC2)ccc1NC(=O)c1cccc(CSCCO)c1. The van der Waals surface area contributed by atoms with E-state index >= 15 is 0 Å². The van der Waals surface area contributed by atoms with Crippen LogP contribution in [0.25, 0.3) is 0 Å². The van der Waals surface area contributed by atoms with Crippen molar-refractivity contribution in [3.05, 3.63) is 99.7 Å². The molecule has 12 heteroatoms. The van der Waals surface area contributed by atoms with Gasteiger partial charge < -0.3 is 21.1 Å². The van der Waals surface area contributed by atoms with Crippen molar-refractivity contribution in [2.24, 2.45) is 10.7 Å². The van der Waals surface area contributed by atoms with Gasteiger partial charge in [0.25, 0.3) is 5.91 Å². The molecular weight excluding hydrogens is 613 g/mol. The predicted molar refractivity (Wildman–Crippen MR) is 171 cm³/mol. The number of hydrogen-bond donors (Lipinski definition) is 3. The number of anilines is 2. The molecule has 1 saturated heterocycles. The average molecular weight is 645 g/mol. The number of aliphatic hydroxyl groups excluding tert-OH is 1. The highest BCUT2D eigenvalue weighted by molar-refractivity contribution is 7.98. The molecule has 0 aromatic heterocycles. The molecule has 1 heterocycles. The van der Waals surface area contributed by atoms with Gasteiger partial charge in [0.2, 0.25) is 0 Å². The van der Waals surface area contributed by atoms with Crippen LogP contribution < -0.4 is 16.0 Å². The van der Waals surface area contributed by atoms with E-state index in [4.69, 9.17) is 22.4 Å². The number of ketones is 1. The first-order chi connectivity index (χ1) is 21.1. The van der Waals surface area contributed by atoms with Gasteiger partial charge in [0, 0.05) is 53.8 Å². The van der Waals surface area contributed by atoms with Gasteiger partial charge in [0.05, 0.1) is 34.1 Å². The molecule has 7 nitrogen and oxygen atoms in total. The Morgan fingerprint density at radius 2 is 1.84 bits per heavy atom. The minimum absolute atomic E-state index is 0.0628. The van der Waals surface area contributed by atoms with Gasteiger partial charge in [-0.3, -0.25) is 14.6 Å². The lowest BCUT2D eigenvalue weighted by Crippen LogP contribution is -2.29. The van der Waals surface area contributed by atoms with Gasteiger partial charge in [-0.05, 0) is 73.4 Å². The molecule has 4 N–H and O–H groups in total. The zero-order valence-corrected chi connectivity index (χ0v) is 25.3. The first kappa shape index (κ1) is 33.1. The molecular formula is C32H32ClF3N4O3S. The van der Waals surface area contributed by atoms with E-state index in [-0.39, 0.29) is 29.1 Å². The van der Waals surface area contributed by atoms with Crippen molar-refractivity contribution in [2.75, 3.05) is 35.7 Å². The lowest BCUT2D eigenvalue weighted by atomic mass is 10.00. The first-order valence-corrected chi connectivity index (χ1v) is 15.5. The average Bonchev–Trinajstić information content (AvgIpc) is 3.02. The number of benzene rings is 3. The fraction of sp³-hybridized carbons (Fsp3) is 0.281. The van der Waals surface area contributed by atoms with Gasteiger partial charge >= 0.3 is 6.18 Å². The number of allylic oxidation sites excluding steroid dienone is 1. The smallest absolute Gasteiger partial charge is 0.404 e. The summed E-state index contributed by atoms with van der Waals surface area (Å²) in [4.78, 5) is 33.3. The van der Waals surface area contributed by atoms with Crippen LogP contribution in [0.4, 0.5) is 30.2 Å². The molecule has 3 aromatic carbocycles. The van der Waals surface area contributed by atoms with Crippen LogP contribution in [-0.4, -0.2) is 48.5 Å². The van der Waals surface area contributed by atoms with Crippen LogP contribution in [0, 0.1) is 0 Å². The molecule has 0 aliphatic carbocycles. The number of carbonyl (C=O) groups is 2. The Bertz CT molecular complexity index is 1560. The summed E-state index contributed by atoms with van der Waals surface area (Å²) in [6.45, 7) is 1.70. The van der Waals surface area contributed by atoms with Crippen molar-refractivity contribution in [2.45, 2.75) is 31.2 Å². The molecule has 3 aromatic rings. The quantitative estimate of drug-likeness (QED) is 0.0878. The molecule has 0 atom stereocenters. The van der Waals surface area contributed by atoms with Gasteiger partial charge in [0.1, 0.15) is 0 Å². The van der Waals surface area contributed by atoms with E-state index in [1.165, 1.54) is 17.8 Å². The molecule has 0 spiro atoms. The topological polar surface area (TPSA) is 108 Å². The summed E-state index contributed by atoms with van der Waals surface area (Å²) in [6.07, 6.45) is 0.584. The summed E-state index contributed by atoms with van der Waals surface area (Å²) in [5, 5.41) is 11.4. The molecule has 0 radical (unpaired) electrons. The number of thioether (sulfide) groups is 1. The van der Waals surface area contributed by atoms with Crippen molar-refractivity contribution in [1.82, 2.24) is 0 Å². The van der Waals surface area contributed by atoms with Crippen LogP contribution in [0.3, 0.4) is 0 Å². The summed E-state index contributed by atoms with van der Waals surface area (Å²) in [6, 6.07) is 15.4. The van der Waals surface area contributed by atoms with Crippen LogP contribution in [0.5, 0.6) is 0 Å². The number of halogens is 4. The highest BCUT2D eigenvalue weighted by Gasteiger charge is 2.33. The van der Waals surface area contributed by atoms with E-state index in [1.807, 2.05) is 12.1 Å². The number of piperidine rings is 1. The van der Waals surface area contributed by atoms with Crippen LogP contribution >= 0.6 is 23.4 Å². The minimum Gasteiger partial charge on any atom is -0.404 e. The van der Waals surface area contributed by atoms with E-state index in [9.17, 15) is 22.8 Å². The number of rotatable bonds is 11. The monoisotopic (exact) mass is 644 g/mol. The number of amides is 1. The molecule has 1 fully saturated rings. The summed E-state index contributed by atoms with van der Waals surface area (Å²) in [5.74, 6) is 0.210. The van der Waals surface area contributed by atoms with Crippen LogP contribution in [0.15, 0.2) is 77.4 Å². The zero-order chi connectivity index (χ0) is 31.7. The number of aliphatic hydroxyl groups is 1. The minimum atomic E-state index is -4.68. The van der Waals surface area contributed by atoms with Gasteiger partial charge in [0.15, 0.2) is 5.78 Å². The van der Waals surface area contributed by atoms with Crippen molar-refractivity contribution in [3.63, 3.8) is 0 Å². The Labute approximate surface area is 263 Å². The second kappa shape index (κ2) is 15.3. The summed E-state index contributed by atoms with van der Waals surface area (Å²) in [5.41, 5.74) is 7.11. The van der Waals surface area contributed by atoms with Gasteiger partial charge in [-0.1, -0.05) is 23.7 Å². The second-order valence-electron chi connectivity index (χ2n) is 10.1. The standard InChI is InChI=1S/C32H32ClF3N4O3S/c33-28-9-7-24(16-27(28)32(34,35)36)38-19-23(18-37)30(42)26-17-25(40-11-2-1-3-12-40)8-10-29(26)39-31(43)22-6-4-5-21(15-22)20-44-14-13-41/h4-10,15-19,41H,1-3,11-14,20,37H2,(H,39,43)/b23-18+,38-19?. The number of Topliss-reactive ketones (excluding diaryl/α,β-unsaturated/α-hetero) is 1. The van der Waals surface area contributed by atoms with Crippen molar-refractivity contribution >= 4 is 58.3 Å². The molecule has 4 rings (SSSR count). The molecule has 44 heavy (non-hydrogen) atoms. The molecule has 1 aliphatic rings. The first-order valence-electron chi connectivity index (χ1n) is 14.0. The van der Waals surface area contributed by atoms with E-state index in [0.29, 0.717) is 17.1 Å². The van der Waals surface area contributed by atoms with Crippen molar-refractivity contribution in [1.29, 1.82) is 0 Å². The Balaban J connectivity index is 1.64. The molecule has 1 amide bonds. The number of nitrogens with two attached hydrogens (primary N) is 1. The maximum absolute atomic E-state index is 13.8. The maximum atomic E-state index is 13.8. The Morgan fingerprint density at radius 3 is 2.55 bits per heavy atom. The third kappa shape index (κ3) is 8.64.